The molecule has 12 nitrogen and oxygen atoms in total. The summed E-state index contributed by atoms with van der Waals surface area (Å²) in [5.74, 6) is 0.322. The number of nitrogens with zero attached hydrogens (tertiary/aromatic N) is 3. The van der Waals surface area contributed by atoms with Gasteiger partial charge in [0.25, 0.3) is 5.91 Å². The summed E-state index contributed by atoms with van der Waals surface area (Å²) in [6, 6.07) is 27.4. The predicted molar refractivity (Wildman–Crippen MR) is 236 cm³/mol. The van der Waals surface area contributed by atoms with E-state index >= 15 is 0 Å². The van der Waals surface area contributed by atoms with Gasteiger partial charge in [-0.15, -0.1) is 0 Å². The number of amides is 3. The molecule has 0 saturated carbocycles. The number of benzodiazepines with no additional fused rings is 1. The lowest BCUT2D eigenvalue weighted by atomic mass is 9.88. The molecule has 14 heteroatoms. The number of nitrogens with one attached hydrogen (secondary N) is 4. The summed E-state index contributed by atoms with van der Waals surface area (Å²) in [7, 11) is -2.45. The van der Waals surface area contributed by atoms with Gasteiger partial charge in [-0.2, -0.15) is 0 Å². The molecule has 2 aliphatic heterocycles. The minimum atomic E-state index is -2.45. The van der Waals surface area contributed by atoms with Gasteiger partial charge in [0, 0.05) is 42.3 Å². The molecule has 4 aromatic rings. The van der Waals surface area contributed by atoms with Gasteiger partial charge in [-0.3, -0.25) is 35.1 Å². The quantitative estimate of drug-likeness (QED) is 0.0637. The first-order chi connectivity index (χ1) is 28.2. The maximum atomic E-state index is 13.2. The highest BCUT2D eigenvalue weighted by Crippen LogP contribution is 2.33. The first-order valence-corrected chi connectivity index (χ1v) is 23.3. The van der Waals surface area contributed by atoms with Crippen LogP contribution in [0.25, 0.3) is 0 Å². The van der Waals surface area contributed by atoms with Crippen molar-refractivity contribution in [2.24, 2.45) is 4.99 Å². The maximum Gasteiger partial charge on any atom is 0.258 e. The summed E-state index contributed by atoms with van der Waals surface area (Å²) < 4.78 is 6.00. The molecule has 0 bridgehead atoms. The number of anilines is 1. The Morgan fingerprint density at radius 1 is 0.932 bits per heavy atom. The van der Waals surface area contributed by atoms with Crippen LogP contribution in [0.15, 0.2) is 96.0 Å². The second-order valence-corrected chi connectivity index (χ2v) is 19.7. The molecule has 1 fully saturated rings. The molecule has 0 spiro atoms. The van der Waals surface area contributed by atoms with E-state index in [0.717, 1.165) is 29.2 Å². The Kier molecular flexibility index (Phi) is 13.8. The predicted octanol–water partition coefficient (Wildman–Crippen LogP) is 5.91. The molecule has 59 heavy (non-hydrogen) atoms. The number of hydrogen-bond acceptors (Lipinski definition) is 8. The first kappa shape index (κ1) is 43.0. The fourth-order valence-corrected chi connectivity index (χ4v) is 8.68. The summed E-state index contributed by atoms with van der Waals surface area (Å²) in [5, 5.41) is 24.8. The molecule has 308 valence electrons. The SMILES string of the molecule is CCNC(=O)CC1N=C(c2ccc(Cl)cc2)c2cc(OCC(=O)NCc3cccc(C4CCN(C(=O)Cc5cccc([Si](C)(C)O)c5)CC4)c3)ccc2N(C(C)=N)C1=N. The van der Waals surface area contributed by atoms with Gasteiger partial charge in [-0.05, 0) is 97.9 Å². The lowest BCUT2D eigenvalue weighted by Crippen LogP contribution is -2.42. The summed E-state index contributed by atoms with van der Waals surface area (Å²) in [4.78, 5) is 57.8. The van der Waals surface area contributed by atoms with E-state index in [1.165, 1.54) is 10.5 Å². The molecule has 0 aliphatic carbocycles. The number of ether oxygens (including phenoxy) is 1. The number of fused-ring (bicyclic) bond motifs is 1. The van der Waals surface area contributed by atoms with E-state index in [1.54, 1.807) is 37.3 Å². The monoisotopic (exact) mass is 833 g/mol. The van der Waals surface area contributed by atoms with Gasteiger partial charge >= 0.3 is 0 Å². The van der Waals surface area contributed by atoms with Crippen molar-refractivity contribution in [3.05, 3.63) is 124 Å². The average molecular weight is 834 g/mol. The van der Waals surface area contributed by atoms with Crippen molar-refractivity contribution in [2.45, 2.75) is 71.1 Å². The number of halogens is 1. The molecule has 3 amide bonds. The third-order valence-corrected chi connectivity index (χ3v) is 12.6. The Bertz CT molecular complexity index is 2250. The average Bonchev–Trinajstić information content (AvgIpc) is 3.33. The van der Waals surface area contributed by atoms with Crippen LogP contribution in [0.4, 0.5) is 5.69 Å². The van der Waals surface area contributed by atoms with E-state index in [0.29, 0.717) is 71.8 Å². The highest BCUT2D eigenvalue weighted by atomic mass is 35.5. The Hall–Kier alpha value is -5.63. The number of rotatable bonds is 13. The van der Waals surface area contributed by atoms with Crippen LogP contribution in [0.3, 0.4) is 0 Å². The standard InChI is InChI=1S/C45H52ClN7O5Si/c1-5-49-41(54)26-39-45(48)53(29(2)47)40-17-16-36(25-38(40)44(51-39)33-12-14-35(46)15-13-33)58-28-42(55)50-27-31-9-6-10-34(22-31)32-18-20-52(21-19-32)43(56)24-30-8-7-11-37(23-30)59(3,4)57/h6-17,22-23,25,32,39,47-48,57H,5,18-21,24,26-28H2,1-4H3,(H,49,54)(H,50,55). The highest BCUT2D eigenvalue weighted by Gasteiger charge is 2.32. The zero-order valence-electron chi connectivity index (χ0n) is 34.0. The van der Waals surface area contributed by atoms with Crippen molar-refractivity contribution in [1.29, 1.82) is 10.8 Å². The zero-order valence-corrected chi connectivity index (χ0v) is 35.7. The van der Waals surface area contributed by atoms with Crippen LogP contribution in [0, 0.1) is 10.8 Å². The van der Waals surface area contributed by atoms with E-state index < -0.39 is 14.4 Å². The molecule has 6 rings (SSSR count). The molecule has 5 N–H and O–H groups in total. The van der Waals surface area contributed by atoms with Crippen LogP contribution in [-0.2, 0) is 27.3 Å². The van der Waals surface area contributed by atoms with E-state index in [2.05, 4.69) is 22.8 Å². The summed E-state index contributed by atoms with van der Waals surface area (Å²) >= 11 is 6.22. The maximum absolute atomic E-state index is 13.2. The second kappa shape index (κ2) is 19.0. The van der Waals surface area contributed by atoms with E-state index in [4.69, 9.17) is 32.1 Å². The normalized spacial score (nSPS) is 15.8. The van der Waals surface area contributed by atoms with Gasteiger partial charge < -0.3 is 25.1 Å². The number of hydrogen-bond donors (Lipinski definition) is 5. The van der Waals surface area contributed by atoms with Crippen molar-refractivity contribution in [2.75, 3.05) is 31.1 Å². The lowest BCUT2D eigenvalue weighted by Gasteiger charge is -2.32. The minimum Gasteiger partial charge on any atom is -0.484 e. The van der Waals surface area contributed by atoms with Gasteiger partial charge in [0.1, 0.15) is 23.5 Å². The number of carbonyl (C=O) groups is 3. The van der Waals surface area contributed by atoms with E-state index in [1.807, 2.05) is 73.4 Å². The fraction of sp³-hybridized carbons (Fsp3) is 0.333. The molecule has 2 heterocycles. The van der Waals surface area contributed by atoms with Crippen LogP contribution in [0.2, 0.25) is 18.1 Å². The van der Waals surface area contributed by atoms with Gasteiger partial charge in [-0.1, -0.05) is 72.3 Å². The number of likely N-dealkylation sites (tertiary alicyclic amines) is 1. The van der Waals surface area contributed by atoms with Crippen molar-refractivity contribution < 1.29 is 23.9 Å². The summed E-state index contributed by atoms with van der Waals surface area (Å²) in [5.41, 5.74) is 5.38. The molecule has 0 aromatic heterocycles. The number of piperidine rings is 1. The third-order valence-electron chi connectivity index (χ3n) is 10.6. The van der Waals surface area contributed by atoms with Crippen LogP contribution < -0.4 is 25.5 Å². The first-order valence-electron chi connectivity index (χ1n) is 20.0. The van der Waals surface area contributed by atoms with Crippen LogP contribution >= 0.6 is 11.6 Å². The van der Waals surface area contributed by atoms with Crippen molar-refractivity contribution in [3.63, 3.8) is 0 Å². The lowest BCUT2D eigenvalue weighted by molar-refractivity contribution is -0.131. The molecule has 1 unspecified atom stereocenters. The Balaban J connectivity index is 1.08. The molecular formula is C45H52ClN7O5Si. The van der Waals surface area contributed by atoms with Crippen molar-refractivity contribution in [1.82, 2.24) is 15.5 Å². The third kappa shape index (κ3) is 10.9. The summed E-state index contributed by atoms with van der Waals surface area (Å²) in [6.07, 6.45) is 1.95. The molecule has 2 aliphatic rings. The van der Waals surface area contributed by atoms with Crippen LogP contribution in [0.1, 0.15) is 66.8 Å². The molecular weight excluding hydrogens is 782 g/mol. The van der Waals surface area contributed by atoms with Gasteiger partial charge in [-0.25, -0.2) is 0 Å². The Labute approximate surface area is 351 Å². The van der Waals surface area contributed by atoms with Gasteiger partial charge in [0.05, 0.1) is 24.2 Å². The topological polar surface area (TPSA) is 171 Å². The molecule has 4 aromatic carbocycles. The Morgan fingerprint density at radius 2 is 1.64 bits per heavy atom. The van der Waals surface area contributed by atoms with E-state index in [-0.39, 0.29) is 42.4 Å². The highest BCUT2D eigenvalue weighted by molar-refractivity contribution is 6.83. The second-order valence-electron chi connectivity index (χ2n) is 15.5. The van der Waals surface area contributed by atoms with Crippen molar-refractivity contribution >= 4 is 65.9 Å². The number of aliphatic imine (C=N–C) groups is 1. The largest absolute Gasteiger partial charge is 0.484 e. The fourth-order valence-electron chi connectivity index (χ4n) is 7.51. The number of carbonyl (C=O) groups excluding carboxylic acids is 3. The van der Waals surface area contributed by atoms with Crippen LogP contribution in [0.5, 0.6) is 5.75 Å². The van der Waals surface area contributed by atoms with E-state index in [9.17, 15) is 19.2 Å². The van der Waals surface area contributed by atoms with Crippen LogP contribution in [-0.4, -0.2) is 85.4 Å². The summed E-state index contributed by atoms with van der Waals surface area (Å²) in [6.45, 7) is 9.02. The number of benzene rings is 4. The Morgan fingerprint density at radius 3 is 2.34 bits per heavy atom. The van der Waals surface area contributed by atoms with Crippen molar-refractivity contribution in [3.8, 4) is 5.75 Å². The minimum absolute atomic E-state index is 0.00524. The molecule has 1 saturated heterocycles. The van der Waals surface area contributed by atoms with Gasteiger partial charge in [0.2, 0.25) is 20.1 Å². The molecule has 0 radical (unpaired) electrons. The molecule has 1 atom stereocenters. The zero-order chi connectivity index (χ0) is 42.3. The smallest absolute Gasteiger partial charge is 0.258 e. The van der Waals surface area contributed by atoms with Gasteiger partial charge in [0.15, 0.2) is 6.61 Å². The number of amidine groups is 2.